The van der Waals surface area contributed by atoms with Gasteiger partial charge in [0.1, 0.15) is 11.9 Å². The molecule has 1 aliphatic heterocycles. The van der Waals surface area contributed by atoms with Gasteiger partial charge >= 0.3 is 6.09 Å². The average molecular weight is 262 g/mol. The van der Waals surface area contributed by atoms with Gasteiger partial charge in [-0.25, -0.2) is 9.78 Å². The molecule has 6 heteroatoms. The fourth-order valence-electron chi connectivity index (χ4n) is 2.04. The van der Waals surface area contributed by atoms with Crippen molar-refractivity contribution in [1.82, 2.24) is 10.3 Å². The van der Waals surface area contributed by atoms with Gasteiger partial charge in [-0.3, -0.25) is 5.32 Å². The van der Waals surface area contributed by atoms with Crippen LogP contribution in [0, 0.1) is 0 Å². The van der Waals surface area contributed by atoms with Gasteiger partial charge < -0.3 is 15.0 Å². The van der Waals surface area contributed by atoms with Crippen LogP contribution in [0.25, 0.3) is 0 Å². The molecule has 3 rings (SSSR count). The van der Waals surface area contributed by atoms with E-state index in [1.54, 1.807) is 6.20 Å². The summed E-state index contributed by atoms with van der Waals surface area (Å²) in [4.78, 5) is 18.0. The maximum atomic E-state index is 11.5. The quantitative estimate of drug-likeness (QED) is 0.857. The SMILES string of the molecule is O=C(Nc1ccc(N2CCNCC2)cn1)OC1CC1. The van der Waals surface area contributed by atoms with Gasteiger partial charge in [-0.05, 0) is 25.0 Å². The third kappa shape index (κ3) is 3.35. The summed E-state index contributed by atoms with van der Waals surface area (Å²) in [7, 11) is 0. The summed E-state index contributed by atoms with van der Waals surface area (Å²) in [5.74, 6) is 0.532. The molecule has 1 aromatic rings. The number of pyridine rings is 1. The van der Waals surface area contributed by atoms with Crippen molar-refractivity contribution in [2.45, 2.75) is 18.9 Å². The molecule has 0 bridgehead atoms. The van der Waals surface area contributed by atoms with Crippen molar-refractivity contribution in [3.8, 4) is 0 Å². The molecule has 0 spiro atoms. The number of hydrogen-bond donors (Lipinski definition) is 2. The molecule has 102 valence electrons. The highest BCUT2D eigenvalue weighted by atomic mass is 16.6. The van der Waals surface area contributed by atoms with E-state index in [-0.39, 0.29) is 6.10 Å². The summed E-state index contributed by atoms with van der Waals surface area (Å²) >= 11 is 0. The van der Waals surface area contributed by atoms with Crippen molar-refractivity contribution in [3.63, 3.8) is 0 Å². The highest BCUT2D eigenvalue weighted by Crippen LogP contribution is 2.24. The zero-order valence-corrected chi connectivity index (χ0v) is 10.8. The summed E-state index contributed by atoms with van der Waals surface area (Å²) in [6, 6.07) is 3.79. The van der Waals surface area contributed by atoms with Gasteiger partial charge in [-0.1, -0.05) is 0 Å². The van der Waals surface area contributed by atoms with E-state index in [0.717, 1.165) is 44.7 Å². The molecule has 0 radical (unpaired) electrons. The van der Waals surface area contributed by atoms with E-state index in [0.29, 0.717) is 5.82 Å². The Bertz CT molecular complexity index is 438. The monoisotopic (exact) mass is 262 g/mol. The van der Waals surface area contributed by atoms with Gasteiger partial charge in [-0.2, -0.15) is 0 Å². The lowest BCUT2D eigenvalue weighted by atomic mass is 10.3. The zero-order valence-electron chi connectivity index (χ0n) is 10.8. The molecule has 1 amide bonds. The minimum atomic E-state index is -0.412. The number of hydrogen-bond acceptors (Lipinski definition) is 5. The van der Waals surface area contributed by atoms with Gasteiger partial charge in [0, 0.05) is 26.2 Å². The Morgan fingerprint density at radius 1 is 1.37 bits per heavy atom. The first-order chi connectivity index (χ1) is 9.31. The second kappa shape index (κ2) is 5.44. The normalized spacial score (nSPS) is 19.1. The molecule has 2 fully saturated rings. The first kappa shape index (κ1) is 12.2. The topological polar surface area (TPSA) is 66.5 Å². The van der Waals surface area contributed by atoms with Crippen molar-refractivity contribution in [1.29, 1.82) is 0 Å². The number of ether oxygens (including phenoxy) is 1. The molecule has 1 saturated carbocycles. The highest BCUT2D eigenvalue weighted by molar-refractivity contribution is 5.83. The van der Waals surface area contributed by atoms with Crippen molar-refractivity contribution in [3.05, 3.63) is 18.3 Å². The number of nitrogens with one attached hydrogen (secondary N) is 2. The van der Waals surface area contributed by atoms with Gasteiger partial charge in [0.05, 0.1) is 11.9 Å². The third-order valence-corrected chi connectivity index (χ3v) is 3.26. The Labute approximate surface area is 112 Å². The van der Waals surface area contributed by atoms with Crippen LogP contribution in [0.4, 0.5) is 16.3 Å². The number of rotatable bonds is 3. The van der Waals surface area contributed by atoms with Crippen LogP contribution in [-0.2, 0) is 4.74 Å². The first-order valence-electron chi connectivity index (χ1n) is 6.70. The van der Waals surface area contributed by atoms with Crippen LogP contribution in [0.15, 0.2) is 18.3 Å². The summed E-state index contributed by atoms with van der Waals surface area (Å²) in [5.41, 5.74) is 1.09. The molecular weight excluding hydrogens is 244 g/mol. The standard InChI is InChI=1S/C13H18N4O2/c18-13(19-11-2-3-11)16-12-4-1-10(9-15-12)17-7-5-14-6-8-17/h1,4,9,11,14H,2-3,5-8H2,(H,15,16,18). The number of amides is 1. The Kier molecular flexibility index (Phi) is 3.50. The lowest BCUT2D eigenvalue weighted by Gasteiger charge is -2.29. The van der Waals surface area contributed by atoms with Crippen LogP contribution < -0.4 is 15.5 Å². The highest BCUT2D eigenvalue weighted by Gasteiger charge is 2.26. The van der Waals surface area contributed by atoms with Crippen molar-refractivity contribution in [2.75, 3.05) is 36.4 Å². The zero-order chi connectivity index (χ0) is 13.1. The second-order valence-corrected chi connectivity index (χ2v) is 4.87. The van der Waals surface area contributed by atoms with Crippen LogP contribution in [0.5, 0.6) is 0 Å². The van der Waals surface area contributed by atoms with Crippen LogP contribution in [-0.4, -0.2) is 43.4 Å². The van der Waals surface area contributed by atoms with Crippen molar-refractivity contribution < 1.29 is 9.53 Å². The Hall–Kier alpha value is -1.82. The third-order valence-electron chi connectivity index (χ3n) is 3.26. The Balaban J connectivity index is 1.56. The van der Waals surface area contributed by atoms with Crippen LogP contribution in [0.1, 0.15) is 12.8 Å². The predicted molar refractivity (Wildman–Crippen MR) is 72.4 cm³/mol. The molecule has 1 saturated heterocycles. The molecule has 2 aliphatic rings. The largest absolute Gasteiger partial charge is 0.446 e. The molecule has 0 unspecified atom stereocenters. The predicted octanol–water partition coefficient (Wildman–Crippen LogP) is 1.20. The van der Waals surface area contributed by atoms with E-state index in [4.69, 9.17) is 4.74 Å². The van der Waals surface area contributed by atoms with E-state index in [1.165, 1.54) is 0 Å². The van der Waals surface area contributed by atoms with Gasteiger partial charge in [0.2, 0.25) is 0 Å². The average Bonchev–Trinajstić information content (AvgIpc) is 3.24. The first-order valence-corrected chi connectivity index (χ1v) is 6.70. The molecule has 19 heavy (non-hydrogen) atoms. The lowest BCUT2D eigenvalue weighted by molar-refractivity contribution is 0.154. The van der Waals surface area contributed by atoms with E-state index in [9.17, 15) is 4.79 Å². The lowest BCUT2D eigenvalue weighted by Crippen LogP contribution is -2.43. The molecule has 0 atom stereocenters. The summed E-state index contributed by atoms with van der Waals surface area (Å²) < 4.78 is 5.10. The maximum Gasteiger partial charge on any atom is 0.413 e. The maximum absolute atomic E-state index is 11.5. The molecule has 1 aliphatic carbocycles. The van der Waals surface area contributed by atoms with Crippen molar-refractivity contribution >= 4 is 17.6 Å². The Morgan fingerprint density at radius 3 is 2.79 bits per heavy atom. The second-order valence-electron chi connectivity index (χ2n) is 4.87. The number of nitrogens with zero attached hydrogens (tertiary/aromatic N) is 2. The van der Waals surface area contributed by atoms with E-state index >= 15 is 0 Å². The van der Waals surface area contributed by atoms with Crippen LogP contribution in [0.2, 0.25) is 0 Å². The number of aromatic nitrogens is 1. The fraction of sp³-hybridized carbons (Fsp3) is 0.538. The minimum absolute atomic E-state index is 0.111. The van der Waals surface area contributed by atoms with E-state index < -0.39 is 6.09 Å². The molecule has 2 N–H and O–H groups in total. The van der Waals surface area contributed by atoms with Crippen LogP contribution in [0.3, 0.4) is 0 Å². The summed E-state index contributed by atoms with van der Waals surface area (Å²) in [6.07, 6.45) is 3.44. The molecule has 2 heterocycles. The van der Waals surface area contributed by atoms with Crippen molar-refractivity contribution in [2.24, 2.45) is 0 Å². The minimum Gasteiger partial charge on any atom is -0.446 e. The van der Waals surface area contributed by atoms with E-state index in [2.05, 4.69) is 20.5 Å². The molecule has 1 aromatic heterocycles. The van der Waals surface area contributed by atoms with Gasteiger partial charge in [-0.15, -0.1) is 0 Å². The summed E-state index contributed by atoms with van der Waals surface area (Å²) in [5, 5.41) is 5.95. The number of anilines is 2. The molecule has 6 nitrogen and oxygen atoms in total. The molecular formula is C13H18N4O2. The summed E-state index contributed by atoms with van der Waals surface area (Å²) in [6.45, 7) is 3.96. The van der Waals surface area contributed by atoms with Gasteiger partial charge in [0.25, 0.3) is 0 Å². The number of piperazine rings is 1. The number of carbonyl (C=O) groups excluding carboxylic acids is 1. The fourth-order valence-corrected chi connectivity index (χ4v) is 2.04. The Morgan fingerprint density at radius 2 is 2.16 bits per heavy atom. The molecule has 0 aromatic carbocycles. The van der Waals surface area contributed by atoms with Gasteiger partial charge in [0.15, 0.2) is 0 Å². The smallest absolute Gasteiger partial charge is 0.413 e. The van der Waals surface area contributed by atoms with E-state index in [1.807, 2.05) is 12.1 Å². The van der Waals surface area contributed by atoms with Crippen LogP contribution >= 0.6 is 0 Å². The number of carbonyl (C=O) groups is 1.